The molecule has 1 aromatic carbocycles. The second kappa shape index (κ2) is 33.1. The maximum atomic E-state index is 14.7. The van der Waals surface area contributed by atoms with E-state index in [-0.39, 0.29) is 55.9 Å². The monoisotopic (exact) mass is 1230 g/mol. The lowest BCUT2D eigenvalue weighted by atomic mass is 9.89. The largest absolute Gasteiger partial charge is 0.481 e. The molecule has 4 rings (SSSR count). The van der Waals surface area contributed by atoms with E-state index in [4.69, 9.17) is 14.2 Å². The molecule has 0 radical (unpaired) electrons. The summed E-state index contributed by atoms with van der Waals surface area (Å²) in [5, 5.41) is 19.6. The van der Waals surface area contributed by atoms with Crippen LogP contribution in [0.25, 0.3) is 0 Å². The van der Waals surface area contributed by atoms with Crippen molar-refractivity contribution in [2.24, 2.45) is 35.5 Å². The van der Waals surface area contributed by atoms with Gasteiger partial charge in [0.05, 0.1) is 47.8 Å². The third kappa shape index (κ3) is 20.3. The molecular weight excluding hydrogens is 1130 g/mol. The molecule has 484 valence electrons. The summed E-state index contributed by atoms with van der Waals surface area (Å²) in [6.45, 7) is 18.6. The van der Waals surface area contributed by atoms with Crippen LogP contribution in [0, 0.1) is 35.5 Å². The fourth-order valence-corrected chi connectivity index (χ4v) is 12.7. The molecule has 2 aliphatic heterocycles. The van der Waals surface area contributed by atoms with Crippen LogP contribution in [0.15, 0.2) is 24.3 Å². The summed E-state index contributed by atoms with van der Waals surface area (Å²) in [4.78, 5) is 140. The van der Waals surface area contributed by atoms with Gasteiger partial charge in [-0.1, -0.05) is 80.9 Å². The van der Waals surface area contributed by atoms with Gasteiger partial charge in [0, 0.05) is 66.5 Å². The lowest BCUT2D eigenvalue weighted by Gasteiger charge is -2.41. The summed E-state index contributed by atoms with van der Waals surface area (Å²) in [6, 6.07) is 1.04. The van der Waals surface area contributed by atoms with Gasteiger partial charge in [0.25, 0.3) is 5.91 Å². The predicted octanol–water partition coefficient (Wildman–Crippen LogP) is 4.03. The standard InChI is InChI=1S/C60H97N9O16S/c1-15-37(8)52(46(83-13)32-49(72)69-28-16-17-45(69)53(84-14)38(9)54(73)63-44(31-34(2)3)56(75)65-86(81,82)43-22-23-43)66(11)58(77)50(35(4)5)64-57(76)51(36(6)7)67(12)60(80)85-33-40-18-20-42(21-19-40)62-55(74)39(10)61-47(70)24-25-48(71)68-29-26-41(27-30-68)59(78)79/h18-21,34-39,41,43-46,50-53H,15-17,22-33H2,1-14H3,(H,61,70)(H,62,74)(H,63,73)(H,64,76)(H,65,75)(H,78,79)/t37-,38+,39-,44-,45-,46+,50-,51?,52-,53+/m0/s1. The molecule has 3 fully saturated rings. The van der Waals surface area contributed by atoms with Crippen molar-refractivity contribution < 1.29 is 75.7 Å². The van der Waals surface area contributed by atoms with Crippen molar-refractivity contribution >= 4 is 75.0 Å². The normalized spacial score (nSPS) is 18.8. The quantitative estimate of drug-likeness (QED) is 0.0593. The van der Waals surface area contributed by atoms with Crippen LogP contribution in [-0.4, -0.2) is 194 Å². The van der Waals surface area contributed by atoms with Gasteiger partial charge in [-0.05, 0) is 93.2 Å². The maximum absolute atomic E-state index is 14.7. The molecule has 25 nitrogen and oxygen atoms in total. The zero-order chi connectivity index (χ0) is 64.5. The third-order valence-corrected chi connectivity index (χ3v) is 18.6. The first kappa shape index (κ1) is 72.1. The van der Waals surface area contributed by atoms with E-state index in [0.717, 1.165) is 0 Å². The van der Waals surface area contributed by atoms with Crippen LogP contribution in [0.1, 0.15) is 145 Å². The number of benzene rings is 1. The van der Waals surface area contributed by atoms with Gasteiger partial charge in [-0.2, -0.15) is 0 Å². The highest BCUT2D eigenvalue weighted by atomic mass is 32.2. The average molecular weight is 1230 g/mol. The van der Waals surface area contributed by atoms with Crippen molar-refractivity contribution in [2.75, 3.05) is 53.3 Å². The highest BCUT2D eigenvalue weighted by Gasteiger charge is 2.45. The van der Waals surface area contributed by atoms with E-state index < -0.39 is 135 Å². The molecule has 0 spiro atoms. The number of rotatable bonds is 32. The van der Waals surface area contributed by atoms with Crippen molar-refractivity contribution in [3.05, 3.63) is 29.8 Å². The number of carboxylic acid groups (broad SMARTS) is 1. The van der Waals surface area contributed by atoms with Gasteiger partial charge < -0.3 is 55.3 Å². The topological polar surface area (TPSA) is 326 Å². The van der Waals surface area contributed by atoms with Crippen molar-refractivity contribution in [3.8, 4) is 0 Å². The highest BCUT2D eigenvalue weighted by Crippen LogP contribution is 2.31. The number of carbonyl (C=O) groups is 10. The molecule has 0 bridgehead atoms. The molecule has 86 heavy (non-hydrogen) atoms. The van der Waals surface area contributed by atoms with E-state index >= 15 is 0 Å². The van der Waals surface area contributed by atoms with Crippen molar-refractivity contribution in [2.45, 2.75) is 200 Å². The second-order valence-corrected chi connectivity index (χ2v) is 26.5. The third-order valence-electron chi connectivity index (χ3n) is 16.8. The molecule has 2 saturated heterocycles. The zero-order valence-corrected chi connectivity index (χ0v) is 53.7. The predicted molar refractivity (Wildman–Crippen MR) is 320 cm³/mol. The number of hydrogen-bond acceptors (Lipinski definition) is 15. The minimum absolute atomic E-state index is 0.0592. The minimum Gasteiger partial charge on any atom is -0.481 e. The Morgan fingerprint density at radius 2 is 1.35 bits per heavy atom. The van der Waals surface area contributed by atoms with Gasteiger partial charge in [-0.15, -0.1) is 0 Å². The van der Waals surface area contributed by atoms with Crippen molar-refractivity contribution in [1.29, 1.82) is 0 Å². The van der Waals surface area contributed by atoms with Crippen LogP contribution < -0.4 is 26.0 Å². The van der Waals surface area contributed by atoms with Gasteiger partial charge >= 0.3 is 12.1 Å². The Bertz CT molecular complexity index is 2630. The highest BCUT2D eigenvalue weighted by molar-refractivity contribution is 7.90. The number of hydrogen-bond donors (Lipinski definition) is 6. The lowest BCUT2D eigenvalue weighted by Crippen LogP contribution is -2.60. The van der Waals surface area contributed by atoms with E-state index in [1.165, 1.54) is 38.0 Å². The number of likely N-dealkylation sites (N-methyl/N-ethyl adjacent to an activating group) is 2. The molecule has 1 aromatic rings. The van der Waals surface area contributed by atoms with E-state index in [1.54, 1.807) is 75.7 Å². The van der Waals surface area contributed by atoms with Crippen molar-refractivity contribution in [3.63, 3.8) is 0 Å². The number of piperidine rings is 1. The van der Waals surface area contributed by atoms with Crippen LogP contribution in [0.5, 0.6) is 0 Å². The Labute approximate surface area is 507 Å². The van der Waals surface area contributed by atoms with Gasteiger partial charge in [-0.25, -0.2) is 13.2 Å². The number of anilines is 1. The molecule has 0 aromatic heterocycles. The van der Waals surface area contributed by atoms with Crippen LogP contribution in [0.2, 0.25) is 0 Å². The summed E-state index contributed by atoms with van der Waals surface area (Å²) in [6.07, 6.45) is 0.769. The number of carboxylic acids is 1. The molecular formula is C60H97N9O16S. The summed E-state index contributed by atoms with van der Waals surface area (Å²) >= 11 is 0. The molecule has 6 N–H and O–H groups in total. The Balaban J connectivity index is 1.35. The molecule has 10 atom stereocenters. The van der Waals surface area contributed by atoms with Gasteiger partial charge in [0.15, 0.2) is 0 Å². The van der Waals surface area contributed by atoms with Crippen LogP contribution in [0.3, 0.4) is 0 Å². The lowest BCUT2D eigenvalue weighted by molar-refractivity contribution is -0.148. The summed E-state index contributed by atoms with van der Waals surface area (Å²) < 4.78 is 45.1. The first-order valence-electron chi connectivity index (χ1n) is 30.2. The van der Waals surface area contributed by atoms with E-state index in [9.17, 15) is 61.5 Å². The second-order valence-electron chi connectivity index (χ2n) is 24.5. The Kier molecular flexibility index (Phi) is 27.7. The first-order chi connectivity index (χ1) is 40.4. The number of aliphatic carboxylic acids is 1. The fraction of sp³-hybridized carbons (Fsp3) is 0.733. The summed E-state index contributed by atoms with van der Waals surface area (Å²) in [5.74, 6) is -7.29. The molecule has 26 heteroatoms. The summed E-state index contributed by atoms with van der Waals surface area (Å²) in [7, 11) is 2.10. The number of ether oxygens (including phenoxy) is 3. The average Bonchev–Trinajstić information content (AvgIpc) is 2.08. The fourth-order valence-electron chi connectivity index (χ4n) is 11.3. The number of carbonyl (C=O) groups excluding carboxylic acids is 9. The van der Waals surface area contributed by atoms with Gasteiger partial charge in [0.2, 0.25) is 51.4 Å². The van der Waals surface area contributed by atoms with Crippen LogP contribution >= 0.6 is 0 Å². The number of likely N-dealkylation sites (tertiary alicyclic amines) is 2. The maximum Gasteiger partial charge on any atom is 0.410 e. The number of amides is 9. The van der Waals surface area contributed by atoms with E-state index in [0.29, 0.717) is 75.8 Å². The molecule has 2 heterocycles. The van der Waals surface area contributed by atoms with Crippen molar-refractivity contribution in [1.82, 2.24) is 40.3 Å². The Hall–Kier alpha value is -6.41. The molecule has 1 saturated carbocycles. The van der Waals surface area contributed by atoms with Crippen LogP contribution in [-0.2, 0) is 74.0 Å². The molecule has 9 amide bonds. The van der Waals surface area contributed by atoms with E-state index in [2.05, 4.69) is 26.0 Å². The smallest absolute Gasteiger partial charge is 0.410 e. The minimum atomic E-state index is -3.86. The Morgan fingerprint density at radius 3 is 1.88 bits per heavy atom. The number of methoxy groups -OCH3 is 2. The Morgan fingerprint density at radius 1 is 0.721 bits per heavy atom. The molecule has 3 aliphatic rings. The SMILES string of the molecule is CC[C@H](C)[C@@H]([C@@H](CC(=O)N1CCC[C@H]1[C@H](OC)[C@@H](C)C(=O)N[C@@H](CC(C)C)C(=O)NS(=O)(=O)C1CC1)OC)N(C)C(=O)[C@@H](NC(=O)C(C(C)C)N(C)C(=O)OCc1ccc(NC(=O)[C@H](C)NC(=O)CCC(=O)N2CCC(C(=O)O)CC2)cc1)C(C)C. The van der Waals surface area contributed by atoms with Crippen LogP contribution in [0.4, 0.5) is 10.5 Å². The molecule has 1 unspecified atom stereocenters. The van der Waals surface area contributed by atoms with Gasteiger partial charge in [-0.3, -0.25) is 52.8 Å². The zero-order valence-electron chi connectivity index (χ0n) is 52.8. The first-order valence-corrected chi connectivity index (χ1v) is 31.8. The molecule has 1 aliphatic carbocycles. The summed E-state index contributed by atoms with van der Waals surface area (Å²) in [5.41, 5.74) is 0.955. The van der Waals surface area contributed by atoms with E-state index in [1.807, 2.05) is 27.7 Å². The van der Waals surface area contributed by atoms with Gasteiger partial charge in [0.1, 0.15) is 30.8 Å². The number of nitrogens with one attached hydrogen (secondary N) is 5. The number of sulfonamides is 1. The number of nitrogens with zero attached hydrogens (tertiary/aromatic N) is 4.